The van der Waals surface area contributed by atoms with E-state index in [9.17, 15) is 0 Å². The van der Waals surface area contributed by atoms with Gasteiger partial charge >= 0.3 is 0 Å². The summed E-state index contributed by atoms with van der Waals surface area (Å²) in [6, 6.07) is 2.71. The molecule has 1 aromatic rings. The van der Waals surface area contributed by atoms with Crippen LogP contribution >= 0.6 is 11.3 Å². The summed E-state index contributed by atoms with van der Waals surface area (Å²) in [6.07, 6.45) is 3.32. The van der Waals surface area contributed by atoms with Crippen molar-refractivity contribution in [2.24, 2.45) is 0 Å². The monoisotopic (exact) mass is 225 g/mol. The number of nitrogens with one attached hydrogen (secondary N) is 1. The highest BCUT2D eigenvalue weighted by Crippen LogP contribution is 2.29. The highest BCUT2D eigenvalue weighted by atomic mass is 32.1. The van der Waals surface area contributed by atoms with Crippen molar-refractivity contribution in [1.82, 2.24) is 0 Å². The fraction of sp³-hybridized carbons (Fsp3) is 0.667. The van der Waals surface area contributed by atoms with Gasteiger partial charge in [-0.15, -0.1) is 0 Å². The van der Waals surface area contributed by atoms with Crippen molar-refractivity contribution in [3.05, 3.63) is 16.8 Å². The van der Waals surface area contributed by atoms with E-state index in [0.29, 0.717) is 6.04 Å². The van der Waals surface area contributed by atoms with Gasteiger partial charge in [0.15, 0.2) is 0 Å². The second-order valence-electron chi connectivity index (χ2n) is 4.50. The molecule has 2 nitrogen and oxygen atoms in total. The number of ether oxygens (including phenoxy) is 1. The van der Waals surface area contributed by atoms with E-state index in [1.54, 1.807) is 11.3 Å². The van der Waals surface area contributed by atoms with Crippen molar-refractivity contribution < 1.29 is 4.74 Å². The molecular weight excluding hydrogens is 206 g/mol. The molecule has 3 heteroatoms. The van der Waals surface area contributed by atoms with Crippen LogP contribution in [0.15, 0.2) is 16.8 Å². The summed E-state index contributed by atoms with van der Waals surface area (Å²) in [6.45, 7) is 5.30. The summed E-state index contributed by atoms with van der Waals surface area (Å²) in [5.74, 6) is 0. The molecule has 0 spiro atoms. The summed E-state index contributed by atoms with van der Waals surface area (Å²) in [7, 11) is 0. The zero-order chi connectivity index (χ0) is 10.7. The van der Waals surface area contributed by atoms with E-state index in [2.05, 4.69) is 36.0 Å². The maximum atomic E-state index is 5.83. The van der Waals surface area contributed by atoms with Crippen LogP contribution in [0.1, 0.15) is 33.1 Å². The van der Waals surface area contributed by atoms with Crippen molar-refractivity contribution in [1.29, 1.82) is 0 Å². The fourth-order valence-electron chi connectivity index (χ4n) is 2.08. The van der Waals surface area contributed by atoms with Crippen LogP contribution in [-0.2, 0) is 4.74 Å². The zero-order valence-electron chi connectivity index (χ0n) is 9.45. The first-order chi connectivity index (χ1) is 7.22. The third-order valence-corrected chi connectivity index (χ3v) is 3.92. The Morgan fingerprint density at radius 1 is 1.67 bits per heavy atom. The molecule has 0 aliphatic carbocycles. The van der Waals surface area contributed by atoms with Crippen LogP contribution in [0.5, 0.6) is 0 Å². The number of thiophene rings is 1. The normalized spacial score (nSPS) is 31.5. The number of hydrogen-bond acceptors (Lipinski definition) is 3. The average molecular weight is 225 g/mol. The van der Waals surface area contributed by atoms with Crippen LogP contribution in [-0.4, -0.2) is 18.2 Å². The van der Waals surface area contributed by atoms with Gasteiger partial charge in [0.2, 0.25) is 0 Å². The van der Waals surface area contributed by atoms with E-state index in [1.807, 2.05) is 0 Å². The lowest BCUT2D eigenvalue weighted by molar-refractivity contribution is -0.0708. The van der Waals surface area contributed by atoms with Crippen molar-refractivity contribution in [3.8, 4) is 0 Å². The van der Waals surface area contributed by atoms with E-state index in [4.69, 9.17) is 4.74 Å². The van der Waals surface area contributed by atoms with Crippen LogP contribution in [0.25, 0.3) is 0 Å². The summed E-state index contributed by atoms with van der Waals surface area (Å²) < 4.78 is 5.83. The van der Waals surface area contributed by atoms with E-state index in [0.717, 1.165) is 25.9 Å². The molecular formula is C12H19NOS. The second-order valence-corrected chi connectivity index (χ2v) is 5.28. The van der Waals surface area contributed by atoms with E-state index < -0.39 is 0 Å². The van der Waals surface area contributed by atoms with Crippen LogP contribution in [0, 0.1) is 0 Å². The van der Waals surface area contributed by atoms with Gasteiger partial charge in [0.1, 0.15) is 0 Å². The first-order valence-electron chi connectivity index (χ1n) is 5.64. The Bertz CT molecular complexity index is 299. The van der Waals surface area contributed by atoms with Gasteiger partial charge < -0.3 is 10.1 Å². The molecule has 1 aliphatic heterocycles. The minimum absolute atomic E-state index is 0.0753. The smallest absolute Gasteiger partial charge is 0.0671 e. The summed E-state index contributed by atoms with van der Waals surface area (Å²) in [5.41, 5.74) is 1.33. The van der Waals surface area contributed by atoms with Gasteiger partial charge in [0.25, 0.3) is 0 Å². The van der Waals surface area contributed by atoms with Crippen LogP contribution in [0.3, 0.4) is 0 Å². The molecule has 2 heterocycles. The van der Waals surface area contributed by atoms with Gasteiger partial charge in [-0.3, -0.25) is 0 Å². The Morgan fingerprint density at radius 2 is 2.53 bits per heavy atom. The van der Waals surface area contributed by atoms with Crippen molar-refractivity contribution in [2.75, 3.05) is 11.9 Å². The van der Waals surface area contributed by atoms with E-state index >= 15 is 0 Å². The van der Waals surface area contributed by atoms with Gasteiger partial charge in [0, 0.05) is 23.7 Å². The Hall–Kier alpha value is -0.540. The van der Waals surface area contributed by atoms with Crippen LogP contribution in [0.2, 0.25) is 0 Å². The molecule has 15 heavy (non-hydrogen) atoms. The maximum Gasteiger partial charge on any atom is 0.0671 e. The minimum atomic E-state index is 0.0753. The number of rotatable bonds is 3. The number of hydrogen-bond donors (Lipinski definition) is 1. The fourth-order valence-corrected chi connectivity index (χ4v) is 2.68. The van der Waals surface area contributed by atoms with Gasteiger partial charge in [-0.2, -0.15) is 11.3 Å². The second kappa shape index (κ2) is 4.54. The largest absolute Gasteiger partial charge is 0.381 e. The lowest BCUT2D eigenvalue weighted by Crippen LogP contribution is -2.41. The third kappa shape index (κ3) is 2.73. The van der Waals surface area contributed by atoms with Crippen molar-refractivity contribution in [3.63, 3.8) is 0 Å². The highest BCUT2D eigenvalue weighted by Gasteiger charge is 2.31. The lowest BCUT2D eigenvalue weighted by atomic mass is 9.90. The van der Waals surface area contributed by atoms with Gasteiger partial charge in [0.05, 0.1) is 5.60 Å². The first-order valence-corrected chi connectivity index (χ1v) is 6.59. The Morgan fingerprint density at radius 3 is 3.20 bits per heavy atom. The van der Waals surface area contributed by atoms with Crippen molar-refractivity contribution in [2.45, 2.75) is 44.8 Å². The molecule has 84 valence electrons. The highest BCUT2D eigenvalue weighted by molar-refractivity contribution is 7.08. The molecule has 1 N–H and O–H groups in total. The summed E-state index contributed by atoms with van der Waals surface area (Å²) >= 11 is 1.74. The molecule has 0 saturated carbocycles. The van der Waals surface area contributed by atoms with E-state index in [-0.39, 0.29) is 5.60 Å². The molecule has 0 radical (unpaired) electrons. The maximum absolute atomic E-state index is 5.83. The Balaban J connectivity index is 1.93. The summed E-state index contributed by atoms with van der Waals surface area (Å²) in [5, 5.41) is 7.86. The van der Waals surface area contributed by atoms with Gasteiger partial charge in [-0.05, 0) is 37.6 Å². The molecule has 1 fully saturated rings. The molecule has 1 saturated heterocycles. The zero-order valence-corrected chi connectivity index (χ0v) is 10.3. The SMILES string of the molecule is CCC1(C)CC(Nc2ccsc2)CCO1. The predicted molar refractivity (Wildman–Crippen MR) is 65.6 cm³/mol. The molecule has 2 unspecified atom stereocenters. The molecule has 1 aliphatic rings. The van der Waals surface area contributed by atoms with Gasteiger partial charge in [-0.25, -0.2) is 0 Å². The molecule has 1 aromatic heterocycles. The molecule has 2 atom stereocenters. The third-order valence-electron chi connectivity index (χ3n) is 3.23. The topological polar surface area (TPSA) is 21.3 Å². The minimum Gasteiger partial charge on any atom is -0.381 e. The molecule has 0 bridgehead atoms. The van der Waals surface area contributed by atoms with Gasteiger partial charge in [-0.1, -0.05) is 6.92 Å². The molecule has 0 amide bonds. The Kier molecular flexibility index (Phi) is 3.32. The van der Waals surface area contributed by atoms with E-state index in [1.165, 1.54) is 5.69 Å². The lowest BCUT2D eigenvalue weighted by Gasteiger charge is -2.38. The van der Waals surface area contributed by atoms with Crippen LogP contribution in [0.4, 0.5) is 5.69 Å². The number of anilines is 1. The molecule has 2 rings (SSSR count). The molecule has 0 aromatic carbocycles. The first kappa shape index (κ1) is 11.0. The quantitative estimate of drug-likeness (QED) is 0.850. The summed E-state index contributed by atoms with van der Waals surface area (Å²) in [4.78, 5) is 0. The Labute approximate surface area is 95.6 Å². The predicted octanol–water partition coefficient (Wildman–Crippen LogP) is 3.51. The van der Waals surface area contributed by atoms with Crippen molar-refractivity contribution >= 4 is 17.0 Å². The average Bonchev–Trinajstić information content (AvgIpc) is 2.71. The standard InChI is InChI=1S/C12H19NOS/c1-3-12(2)8-10(4-6-14-12)13-11-5-7-15-9-11/h5,7,9-10,13H,3-4,6,8H2,1-2H3. The van der Waals surface area contributed by atoms with Crippen LogP contribution < -0.4 is 5.32 Å².